The van der Waals surface area contributed by atoms with Crippen molar-refractivity contribution in [2.75, 3.05) is 18.6 Å². The van der Waals surface area contributed by atoms with Crippen molar-refractivity contribution in [1.29, 1.82) is 0 Å². The molecule has 3 N–H and O–H groups in total. The number of amides is 2. The number of benzene rings is 1. The van der Waals surface area contributed by atoms with Crippen LogP contribution < -0.4 is 20.7 Å². The van der Waals surface area contributed by atoms with Crippen molar-refractivity contribution in [3.05, 3.63) is 24.3 Å². The van der Waals surface area contributed by atoms with Crippen LogP contribution in [-0.4, -0.2) is 37.0 Å². The van der Waals surface area contributed by atoms with Crippen LogP contribution in [0.1, 0.15) is 38.5 Å². The lowest BCUT2D eigenvalue weighted by molar-refractivity contribution is -0.131. The Balaban J connectivity index is 1.69. The van der Waals surface area contributed by atoms with Gasteiger partial charge in [0.1, 0.15) is 11.8 Å². The molecule has 1 aromatic rings. The summed E-state index contributed by atoms with van der Waals surface area (Å²) in [6, 6.07) is 6.90. The topological polar surface area (TPSA) is 84.7 Å². The van der Waals surface area contributed by atoms with Crippen LogP contribution in [0.3, 0.4) is 0 Å². The maximum Gasteiger partial charge on any atom is 0.249 e. The molecule has 2 amide bonds. The van der Waals surface area contributed by atoms with Gasteiger partial charge in [-0.15, -0.1) is 0 Å². The highest BCUT2D eigenvalue weighted by Gasteiger charge is 2.40. The van der Waals surface area contributed by atoms with Crippen LogP contribution in [-0.2, 0) is 9.59 Å². The Morgan fingerprint density at radius 3 is 2.71 bits per heavy atom. The Morgan fingerprint density at radius 2 is 2.00 bits per heavy atom. The zero-order valence-electron chi connectivity index (χ0n) is 14.1. The first-order chi connectivity index (χ1) is 11.5. The smallest absolute Gasteiger partial charge is 0.249 e. The van der Waals surface area contributed by atoms with Crippen molar-refractivity contribution in [1.82, 2.24) is 5.32 Å². The molecule has 3 rings (SSSR count). The fourth-order valence-electron chi connectivity index (χ4n) is 3.62. The lowest BCUT2D eigenvalue weighted by Crippen LogP contribution is -2.58. The Labute approximate surface area is 142 Å². The molecule has 6 nitrogen and oxygen atoms in total. The van der Waals surface area contributed by atoms with E-state index >= 15 is 0 Å². The van der Waals surface area contributed by atoms with E-state index in [-0.39, 0.29) is 11.8 Å². The van der Waals surface area contributed by atoms with E-state index in [4.69, 9.17) is 10.5 Å². The van der Waals surface area contributed by atoms with Gasteiger partial charge in [-0.25, -0.2) is 0 Å². The first kappa shape index (κ1) is 16.8. The van der Waals surface area contributed by atoms with E-state index in [1.807, 2.05) is 24.3 Å². The molecule has 0 aromatic heterocycles. The predicted molar refractivity (Wildman–Crippen MR) is 91.9 cm³/mol. The molecule has 1 aliphatic carbocycles. The van der Waals surface area contributed by atoms with E-state index in [9.17, 15) is 9.59 Å². The van der Waals surface area contributed by atoms with E-state index < -0.39 is 11.6 Å². The normalized spacial score (nSPS) is 23.2. The molecule has 1 unspecified atom stereocenters. The highest BCUT2D eigenvalue weighted by atomic mass is 16.5. The number of para-hydroxylation sites is 2. The van der Waals surface area contributed by atoms with Gasteiger partial charge < -0.3 is 20.7 Å². The van der Waals surface area contributed by atoms with Crippen molar-refractivity contribution in [2.45, 2.75) is 50.1 Å². The van der Waals surface area contributed by atoms with Gasteiger partial charge in [-0.05, 0) is 31.4 Å². The molecule has 1 aromatic carbocycles. The number of hydrogen-bond acceptors (Lipinski definition) is 4. The van der Waals surface area contributed by atoms with E-state index in [2.05, 4.69) is 5.32 Å². The fourth-order valence-corrected chi connectivity index (χ4v) is 3.62. The Kier molecular flexibility index (Phi) is 4.76. The van der Waals surface area contributed by atoms with E-state index in [1.165, 1.54) is 0 Å². The monoisotopic (exact) mass is 331 g/mol. The van der Waals surface area contributed by atoms with Gasteiger partial charge in [0.05, 0.1) is 18.3 Å². The van der Waals surface area contributed by atoms with Crippen LogP contribution in [0, 0.1) is 0 Å². The van der Waals surface area contributed by atoms with Crippen LogP contribution in [0.25, 0.3) is 0 Å². The fraction of sp³-hybridized carbons (Fsp3) is 0.556. The van der Waals surface area contributed by atoms with Gasteiger partial charge in [0.15, 0.2) is 0 Å². The summed E-state index contributed by atoms with van der Waals surface area (Å²) in [6.07, 6.45) is 5.02. The van der Waals surface area contributed by atoms with Gasteiger partial charge in [-0.3, -0.25) is 9.59 Å². The summed E-state index contributed by atoms with van der Waals surface area (Å²) < 4.78 is 5.33. The molecule has 0 radical (unpaired) electrons. The number of rotatable bonds is 4. The number of nitrogens with one attached hydrogen (secondary N) is 1. The van der Waals surface area contributed by atoms with E-state index in [1.54, 1.807) is 12.0 Å². The van der Waals surface area contributed by atoms with Crippen LogP contribution in [0.2, 0.25) is 0 Å². The van der Waals surface area contributed by atoms with Crippen LogP contribution in [0.15, 0.2) is 24.3 Å². The Morgan fingerprint density at radius 1 is 1.29 bits per heavy atom. The van der Waals surface area contributed by atoms with Gasteiger partial charge in [0.25, 0.3) is 0 Å². The molecule has 0 bridgehead atoms. The van der Waals surface area contributed by atoms with Crippen LogP contribution >= 0.6 is 0 Å². The summed E-state index contributed by atoms with van der Waals surface area (Å²) in [5.41, 5.74) is 6.18. The average molecular weight is 331 g/mol. The number of ether oxygens (including phenoxy) is 1. The minimum Gasteiger partial charge on any atom is -0.495 e. The predicted octanol–water partition coefficient (Wildman–Crippen LogP) is 1.58. The lowest BCUT2D eigenvalue weighted by Gasteiger charge is -2.32. The molecule has 1 aliphatic heterocycles. The summed E-state index contributed by atoms with van der Waals surface area (Å²) in [7, 11) is 1.58. The molecular formula is C18H25N3O3. The molecule has 1 atom stereocenters. The number of nitrogens with zero attached hydrogens (tertiary/aromatic N) is 1. The molecule has 0 spiro atoms. The summed E-state index contributed by atoms with van der Waals surface area (Å²) in [5.74, 6) is 0.357. The largest absolute Gasteiger partial charge is 0.495 e. The first-order valence-corrected chi connectivity index (χ1v) is 8.59. The van der Waals surface area contributed by atoms with Crippen molar-refractivity contribution in [3.63, 3.8) is 0 Å². The van der Waals surface area contributed by atoms with Crippen LogP contribution in [0.5, 0.6) is 5.75 Å². The zero-order chi connectivity index (χ0) is 17.2. The minimum absolute atomic E-state index is 0.104. The molecule has 2 fully saturated rings. The van der Waals surface area contributed by atoms with Crippen molar-refractivity contribution in [2.24, 2.45) is 5.73 Å². The van der Waals surface area contributed by atoms with Crippen molar-refractivity contribution < 1.29 is 14.3 Å². The summed E-state index contributed by atoms with van der Waals surface area (Å²) in [5, 5.41) is 2.88. The second-order valence-electron chi connectivity index (χ2n) is 6.69. The Hall–Kier alpha value is -2.08. The summed E-state index contributed by atoms with van der Waals surface area (Å²) in [4.78, 5) is 26.9. The molecular weight excluding hydrogens is 306 g/mol. The summed E-state index contributed by atoms with van der Waals surface area (Å²) in [6.45, 7) is 0.557. The molecule has 24 heavy (non-hydrogen) atoms. The standard InChI is InChI=1S/C18H25N3O3/c1-24-15-8-4-3-7-14(15)21-12-9-13(16(21)22)20-17(23)18(19)10-5-2-6-11-18/h3-4,7-8,13H,2,5-6,9-12,19H2,1H3,(H,20,23). The van der Waals surface area contributed by atoms with Gasteiger partial charge in [0.2, 0.25) is 11.8 Å². The van der Waals surface area contributed by atoms with Gasteiger partial charge in [-0.1, -0.05) is 31.4 Å². The maximum atomic E-state index is 12.7. The second kappa shape index (κ2) is 6.81. The number of carbonyl (C=O) groups excluding carboxylic acids is 2. The minimum atomic E-state index is -0.823. The van der Waals surface area contributed by atoms with Gasteiger partial charge in [0, 0.05) is 6.54 Å². The first-order valence-electron chi connectivity index (χ1n) is 8.59. The quantitative estimate of drug-likeness (QED) is 0.877. The molecule has 130 valence electrons. The molecule has 1 heterocycles. The highest BCUT2D eigenvalue weighted by Crippen LogP contribution is 2.31. The third-order valence-corrected chi connectivity index (χ3v) is 5.08. The van der Waals surface area contributed by atoms with Crippen molar-refractivity contribution in [3.8, 4) is 5.75 Å². The van der Waals surface area contributed by atoms with E-state index in [0.29, 0.717) is 31.6 Å². The number of methoxy groups -OCH3 is 1. The molecule has 1 saturated heterocycles. The maximum absolute atomic E-state index is 12.7. The summed E-state index contributed by atoms with van der Waals surface area (Å²) >= 11 is 0. The third-order valence-electron chi connectivity index (χ3n) is 5.08. The van der Waals surface area contributed by atoms with Gasteiger partial charge >= 0.3 is 0 Å². The average Bonchev–Trinajstić information content (AvgIpc) is 2.96. The van der Waals surface area contributed by atoms with Crippen molar-refractivity contribution >= 4 is 17.5 Å². The van der Waals surface area contributed by atoms with E-state index in [0.717, 1.165) is 24.9 Å². The lowest BCUT2D eigenvalue weighted by atomic mass is 9.81. The second-order valence-corrected chi connectivity index (χ2v) is 6.69. The highest BCUT2D eigenvalue weighted by molar-refractivity contribution is 6.03. The molecule has 1 saturated carbocycles. The SMILES string of the molecule is COc1ccccc1N1CCC(NC(=O)C2(N)CCCCC2)C1=O. The van der Waals surface area contributed by atoms with Crippen LogP contribution in [0.4, 0.5) is 5.69 Å². The molecule has 6 heteroatoms. The Bertz CT molecular complexity index is 626. The zero-order valence-corrected chi connectivity index (χ0v) is 14.1. The number of carbonyl (C=O) groups is 2. The van der Waals surface area contributed by atoms with Gasteiger partial charge in [-0.2, -0.15) is 0 Å². The number of nitrogens with two attached hydrogens (primary N) is 1. The number of hydrogen-bond donors (Lipinski definition) is 2. The third kappa shape index (κ3) is 3.11. The number of anilines is 1. The molecule has 2 aliphatic rings.